The number of halogens is 1. The summed E-state index contributed by atoms with van der Waals surface area (Å²) in [5.74, 6) is -0.140. The molecule has 1 saturated carbocycles. The van der Waals surface area contributed by atoms with E-state index in [1.54, 1.807) is 6.07 Å². The Morgan fingerprint density at radius 1 is 1.19 bits per heavy atom. The first-order valence-electron chi connectivity index (χ1n) is 8.23. The summed E-state index contributed by atoms with van der Waals surface area (Å²) in [6.07, 6.45) is 4.53. The molecule has 0 saturated heterocycles. The summed E-state index contributed by atoms with van der Waals surface area (Å²) >= 11 is 0. The van der Waals surface area contributed by atoms with Crippen LogP contribution in [0.1, 0.15) is 62.3 Å². The predicted molar refractivity (Wildman–Crippen MR) is 86.9 cm³/mol. The van der Waals surface area contributed by atoms with Crippen molar-refractivity contribution in [3.05, 3.63) is 34.6 Å². The first kappa shape index (κ1) is 16.4. The topological polar surface area (TPSA) is 29.3 Å². The third-order valence-electron chi connectivity index (χ3n) is 5.23. The van der Waals surface area contributed by atoms with Crippen molar-refractivity contribution in [1.82, 2.24) is 4.90 Å². The van der Waals surface area contributed by atoms with Crippen LogP contribution in [0.25, 0.3) is 0 Å². The summed E-state index contributed by atoms with van der Waals surface area (Å²) in [5.41, 5.74) is 9.24. The standard InChI is InChI=1S/C18H29FN2/c1-5-21(6-2)18(9-7-8-10-18)17(20)16-14(4)11-13(3)12-15(16)19/h11-12,17H,5-10,20H2,1-4H3. The fraction of sp³-hybridized carbons (Fsp3) is 0.667. The first-order valence-corrected chi connectivity index (χ1v) is 8.23. The van der Waals surface area contributed by atoms with E-state index in [0.29, 0.717) is 0 Å². The van der Waals surface area contributed by atoms with E-state index in [9.17, 15) is 4.39 Å². The normalized spacial score (nSPS) is 19.2. The van der Waals surface area contributed by atoms with Crippen LogP contribution in [-0.4, -0.2) is 23.5 Å². The molecule has 1 aliphatic rings. The number of nitrogens with zero attached hydrogens (tertiary/aromatic N) is 1. The van der Waals surface area contributed by atoms with Gasteiger partial charge in [-0.05, 0) is 57.0 Å². The van der Waals surface area contributed by atoms with E-state index in [0.717, 1.165) is 42.6 Å². The number of likely N-dealkylation sites (N-methyl/N-ethyl adjacent to an activating group) is 1. The zero-order valence-corrected chi connectivity index (χ0v) is 13.9. The summed E-state index contributed by atoms with van der Waals surface area (Å²) in [7, 11) is 0. The van der Waals surface area contributed by atoms with Crippen LogP contribution in [0.3, 0.4) is 0 Å². The van der Waals surface area contributed by atoms with Crippen molar-refractivity contribution in [2.45, 2.75) is 65.0 Å². The molecule has 1 aromatic rings. The zero-order valence-electron chi connectivity index (χ0n) is 13.9. The Hall–Kier alpha value is -0.930. The van der Waals surface area contributed by atoms with Crippen molar-refractivity contribution >= 4 is 0 Å². The van der Waals surface area contributed by atoms with E-state index in [-0.39, 0.29) is 17.4 Å². The van der Waals surface area contributed by atoms with Crippen molar-refractivity contribution in [1.29, 1.82) is 0 Å². The van der Waals surface area contributed by atoms with Gasteiger partial charge in [0.05, 0.1) is 6.04 Å². The van der Waals surface area contributed by atoms with Crippen molar-refractivity contribution in [3.8, 4) is 0 Å². The maximum Gasteiger partial charge on any atom is 0.128 e. The van der Waals surface area contributed by atoms with Gasteiger partial charge in [-0.25, -0.2) is 4.39 Å². The molecule has 0 aromatic heterocycles. The summed E-state index contributed by atoms with van der Waals surface area (Å²) in [6, 6.07) is 3.41. The molecule has 1 atom stereocenters. The van der Waals surface area contributed by atoms with Gasteiger partial charge >= 0.3 is 0 Å². The number of rotatable bonds is 5. The van der Waals surface area contributed by atoms with Crippen LogP contribution in [0.4, 0.5) is 4.39 Å². The first-order chi connectivity index (χ1) is 9.96. The van der Waals surface area contributed by atoms with Gasteiger partial charge in [-0.3, -0.25) is 4.90 Å². The molecule has 0 bridgehead atoms. The number of benzene rings is 1. The maximum atomic E-state index is 14.6. The highest BCUT2D eigenvalue weighted by Gasteiger charge is 2.45. The average Bonchev–Trinajstić information content (AvgIpc) is 2.89. The van der Waals surface area contributed by atoms with Gasteiger partial charge in [0.2, 0.25) is 0 Å². The molecular formula is C18H29FN2. The van der Waals surface area contributed by atoms with Crippen LogP contribution in [0.15, 0.2) is 12.1 Å². The lowest BCUT2D eigenvalue weighted by Gasteiger charge is -2.45. The van der Waals surface area contributed by atoms with Crippen molar-refractivity contribution in [2.24, 2.45) is 5.73 Å². The lowest BCUT2D eigenvalue weighted by Crippen LogP contribution is -2.54. The van der Waals surface area contributed by atoms with Gasteiger partial charge < -0.3 is 5.73 Å². The maximum absolute atomic E-state index is 14.6. The minimum atomic E-state index is -0.250. The van der Waals surface area contributed by atoms with Gasteiger partial charge in [0.1, 0.15) is 5.82 Å². The van der Waals surface area contributed by atoms with Gasteiger partial charge in [0.25, 0.3) is 0 Å². The highest BCUT2D eigenvalue weighted by molar-refractivity contribution is 5.36. The van der Waals surface area contributed by atoms with Crippen LogP contribution in [0, 0.1) is 19.7 Å². The van der Waals surface area contributed by atoms with Gasteiger partial charge in [0, 0.05) is 11.1 Å². The van der Waals surface area contributed by atoms with Crippen LogP contribution >= 0.6 is 0 Å². The average molecular weight is 292 g/mol. The van der Waals surface area contributed by atoms with Gasteiger partial charge in [-0.2, -0.15) is 0 Å². The lowest BCUT2D eigenvalue weighted by molar-refractivity contribution is 0.0756. The zero-order chi connectivity index (χ0) is 15.6. The van der Waals surface area contributed by atoms with Crippen molar-refractivity contribution < 1.29 is 4.39 Å². The Labute approximate surface area is 128 Å². The molecule has 1 unspecified atom stereocenters. The third kappa shape index (κ3) is 2.86. The number of hydrogen-bond acceptors (Lipinski definition) is 2. The second kappa shape index (κ2) is 6.45. The van der Waals surface area contributed by atoms with Crippen molar-refractivity contribution in [2.75, 3.05) is 13.1 Å². The highest BCUT2D eigenvalue weighted by atomic mass is 19.1. The summed E-state index contributed by atoms with van der Waals surface area (Å²) in [6.45, 7) is 10.2. The molecule has 2 nitrogen and oxygen atoms in total. The fourth-order valence-electron chi connectivity index (χ4n) is 4.25. The Balaban J connectivity index is 2.47. The van der Waals surface area contributed by atoms with Gasteiger partial charge in [-0.1, -0.05) is 32.8 Å². The van der Waals surface area contributed by atoms with Crippen LogP contribution in [0.2, 0.25) is 0 Å². The minimum Gasteiger partial charge on any atom is -0.322 e. The molecule has 21 heavy (non-hydrogen) atoms. The SMILES string of the molecule is CCN(CC)C1(C(N)c2c(C)cc(C)cc2F)CCCC1. The summed E-state index contributed by atoms with van der Waals surface area (Å²) < 4.78 is 14.6. The molecule has 0 heterocycles. The number of nitrogens with two attached hydrogens (primary N) is 1. The molecule has 2 rings (SSSR count). The Morgan fingerprint density at radius 3 is 2.24 bits per heavy atom. The van der Waals surface area contributed by atoms with E-state index in [1.807, 2.05) is 19.9 Å². The molecule has 0 amide bonds. The summed E-state index contributed by atoms with van der Waals surface area (Å²) in [4.78, 5) is 2.45. The molecule has 1 fully saturated rings. The van der Waals surface area contributed by atoms with E-state index < -0.39 is 0 Å². The lowest BCUT2D eigenvalue weighted by atomic mass is 9.80. The second-order valence-corrected chi connectivity index (χ2v) is 6.44. The van der Waals surface area contributed by atoms with E-state index in [2.05, 4.69) is 18.7 Å². The van der Waals surface area contributed by atoms with Crippen molar-refractivity contribution in [3.63, 3.8) is 0 Å². The van der Waals surface area contributed by atoms with E-state index >= 15 is 0 Å². The van der Waals surface area contributed by atoms with Gasteiger partial charge in [-0.15, -0.1) is 0 Å². The molecule has 1 aliphatic carbocycles. The second-order valence-electron chi connectivity index (χ2n) is 6.44. The third-order valence-corrected chi connectivity index (χ3v) is 5.23. The quantitative estimate of drug-likeness (QED) is 0.885. The van der Waals surface area contributed by atoms with Crippen LogP contribution in [-0.2, 0) is 0 Å². The largest absolute Gasteiger partial charge is 0.322 e. The Kier molecular flexibility index (Phi) is 5.05. The number of hydrogen-bond donors (Lipinski definition) is 1. The molecule has 0 spiro atoms. The van der Waals surface area contributed by atoms with Gasteiger partial charge in [0.15, 0.2) is 0 Å². The van der Waals surface area contributed by atoms with E-state index in [4.69, 9.17) is 5.73 Å². The monoisotopic (exact) mass is 292 g/mol. The molecule has 3 heteroatoms. The highest BCUT2D eigenvalue weighted by Crippen LogP contribution is 2.44. The molecule has 118 valence electrons. The minimum absolute atomic E-state index is 0.0790. The smallest absolute Gasteiger partial charge is 0.128 e. The Bertz CT molecular complexity index is 465. The van der Waals surface area contributed by atoms with E-state index in [1.165, 1.54) is 12.8 Å². The molecule has 0 radical (unpaired) electrons. The number of aryl methyl sites for hydroxylation is 2. The molecule has 1 aromatic carbocycles. The predicted octanol–water partition coefficient (Wildman–Crippen LogP) is 4.10. The molecular weight excluding hydrogens is 263 g/mol. The molecule has 2 N–H and O–H groups in total. The summed E-state index contributed by atoms with van der Waals surface area (Å²) in [5, 5.41) is 0. The fourth-order valence-corrected chi connectivity index (χ4v) is 4.25. The molecule has 0 aliphatic heterocycles. The Morgan fingerprint density at radius 2 is 1.76 bits per heavy atom. The van der Waals surface area contributed by atoms with Crippen LogP contribution < -0.4 is 5.73 Å². The van der Waals surface area contributed by atoms with Crippen LogP contribution in [0.5, 0.6) is 0 Å².